The van der Waals surface area contributed by atoms with Gasteiger partial charge in [0.05, 0.1) is 29.6 Å². The number of rotatable bonds is 5. The molecule has 27 heavy (non-hydrogen) atoms. The van der Waals surface area contributed by atoms with Crippen molar-refractivity contribution >= 4 is 32.6 Å². The van der Waals surface area contributed by atoms with Crippen LogP contribution in [0.3, 0.4) is 0 Å². The number of hydrogen-bond acceptors (Lipinski definition) is 7. The number of nitrogens with zero attached hydrogens (tertiary/aromatic N) is 5. The third kappa shape index (κ3) is 4.10. The third-order valence-electron chi connectivity index (χ3n) is 4.34. The van der Waals surface area contributed by atoms with Gasteiger partial charge in [0.15, 0.2) is 5.13 Å². The van der Waals surface area contributed by atoms with Crippen molar-refractivity contribution in [2.45, 2.75) is 0 Å². The maximum atomic E-state index is 13.5. The van der Waals surface area contributed by atoms with Crippen molar-refractivity contribution in [1.82, 2.24) is 19.9 Å². The van der Waals surface area contributed by atoms with Crippen molar-refractivity contribution in [1.29, 1.82) is 0 Å². The number of ether oxygens (including phenoxy) is 1. The molecule has 0 radical (unpaired) electrons. The van der Waals surface area contributed by atoms with E-state index in [1.165, 1.54) is 42.1 Å². The van der Waals surface area contributed by atoms with Crippen LogP contribution in [0.2, 0.25) is 0 Å². The van der Waals surface area contributed by atoms with Gasteiger partial charge in [-0.3, -0.25) is 19.6 Å². The number of benzene rings is 1. The van der Waals surface area contributed by atoms with Gasteiger partial charge in [-0.1, -0.05) is 11.3 Å². The number of amides is 1. The van der Waals surface area contributed by atoms with Crippen LogP contribution in [0, 0.1) is 5.82 Å². The summed E-state index contributed by atoms with van der Waals surface area (Å²) in [6.45, 7) is 4.20. The van der Waals surface area contributed by atoms with Crippen LogP contribution in [0.4, 0.5) is 9.52 Å². The zero-order valence-electron chi connectivity index (χ0n) is 14.5. The van der Waals surface area contributed by atoms with Crippen molar-refractivity contribution in [3.8, 4) is 0 Å². The van der Waals surface area contributed by atoms with Gasteiger partial charge >= 0.3 is 0 Å². The maximum Gasteiger partial charge on any atom is 0.280 e. The van der Waals surface area contributed by atoms with Crippen LogP contribution in [0.1, 0.15) is 10.5 Å². The average Bonchev–Trinajstić information content (AvgIpc) is 3.12. The molecule has 0 N–H and O–H groups in total. The minimum Gasteiger partial charge on any atom is -0.379 e. The molecule has 3 aromatic rings. The lowest BCUT2D eigenvalue weighted by atomic mass is 10.3. The number of hydrogen-bond donors (Lipinski definition) is 0. The molecule has 0 atom stereocenters. The fourth-order valence-corrected chi connectivity index (χ4v) is 3.91. The highest BCUT2D eigenvalue weighted by Crippen LogP contribution is 2.30. The van der Waals surface area contributed by atoms with Gasteiger partial charge in [-0.05, 0) is 18.2 Å². The van der Waals surface area contributed by atoms with Crippen LogP contribution in [-0.4, -0.2) is 65.2 Å². The molecule has 0 bridgehead atoms. The monoisotopic (exact) mass is 387 g/mol. The average molecular weight is 387 g/mol. The van der Waals surface area contributed by atoms with Crippen LogP contribution in [0.5, 0.6) is 0 Å². The molecule has 9 heteroatoms. The fourth-order valence-electron chi connectivity index (χ4n) is 2.90. The van der Waals surface area contributed by atoms with E-state index in [-0.39, 0.29) is 17.4 Å². The van der Waals surface area contributed by atoms with Crippen LogP contribution in [0.25, 0.3) is 10.2 Å². The highest BCUT2D eigenvalue weighted by molar-refractivity contribution is 7.22. The lowest BCUT2D eigenvalue weighted by Crippen LogP contribution is -2.43. The van der Waals surface area contributed by atoms with E-state index in [9.17, 15) is 9.18 Å². The number of carbonyl (C=O) groups is 1. The normalized spacial score (nSPS) is 15.1. The molecule has 140 valence electrons. The molecule has 4 rings (SSSR count). The van der Waals surface area contributed by atoms with E-state index in [4.69, 9.17) is 4.74 Å². The minimum atomic E-state index is -0.321. The first-order chi connectivity index (χ1) is 13.2. The van der Waals surface area contributed by atoms with E-state index < -0.39 is 0 Å². The van der Waals surface area contributed by atoms with Crippen LogP contribution < -0.4 is 4.90 Å². The molecule has 1 aromatic carbocycles. The highest BCUT2D eigenvalue weighted by atomic mass is 32.1. The Kier molecular flexibility index (Phi) is 5.33. The largest absolute Gasteiger partial charge is 0.379 e. The predicted octanol–water partition coefficient (Wildman–Crippen LogP) is 2.20. The molecule has 1 aliphatic heterocycles. The summed E-state index contributed by atoms with van der Waals surface area (Å²) in [7, 11) is 0. The van der Waals surface area contributed by atoms with E-state index >= 15 is 0 Å². The number of fused-ring (bicyclic) bond motifs is 1. The SMILES string of the molecule is O=C(c1cnccn1)N(CCN1CCOCC1)c1nc2ccc(F)cc2s1. The molecular weight excluding hydrogens is 369 g/mol. The van der Waals surface area contributed by atoms with Crippen molar-refractivity contribution in [3.05, 3.63) is 48.3 Å². The number of carbonyl (C=O) groups excluding carboxylic acids is 1. The molecule has 0 aliphatic carbocycles. The topological polar surface area (TPSA) is 71.5 Å². The number of thiazole rings is 1. The van der Waals surface area contributed by atoms with Crippen molar-refractivity contribution in [2.24, 2.45) is 0 Å². The number of aromatic nitrogens is 3. The molecule has 3 heterocycles. The van der Waals surface area contributed by atoms with E-state index in [0.717, 1.165) is 13.1 Å². The van der Waals surface area contributed by atoms with Crippen LogP contribution in [-0.2, 0) is 4.74 Å². The quantitative estimate of drug-likeness (QED) is 0.668. The molecule has 0 spiro atoms. The third-order valence-corrected chi connectivity index (χ3v) is 5.38. The lowest BCUT2D eigenvalue weighted by molar-refractivity contribution is 0.0391. The number of halogens is 1. The summed E-state index contributed by atoms with van der Waals surface area (Å²) in [6, 6.07) is 4.43. The summed E-state index contributed by atoms with van der Waals surface area (Å²) in [4.78, 5) is 29.5. The molecule has 0 saturated carbocycles. The summed E-state index contributed by atoms with van der Waals surface area (Å²) in [5, 5.41) is 0.527. The first kappa shape index (κ1) is 17.9. The Hall–Kier alpha value is -2.49. The second kappa shape index (κ2) is 8.03. The fraction of sp³-hybridized carbons (Fsp3) is 0.333. The summed E-state index contributed by atoms with van der Waals surface area (Å²) in [5.41, 5.74) is 0.921. The second-order valence-electron chi connectivity index (χ2n) is 6.11. The lowest BCUT2D eigenvalue weighted by Gasteiger charge is -2.29. The Bertz CT molecular complexity index is 930. The summed E-state index contributed by atoms with van der Waals surface area (Å²) in [5.74, 6) is -0.589. The van der Waals surface area contributed by atoms with Crippen LogP contribution in [0.15, 0.2) is 36.8 Å². The molecule has 0 unspecified atom stereocenters. The Morgan fingerprint density at radius 3 is 2.93 bits per heavy atom. The van der Waals surface area contributed by atoms with Gasteiger partial charge in [0.2, 0.25) is 0 Å². The predicted molar refractivity (Wildman–Crippen MR) is 101 cm³/mol. The Balaban J connectivity index is 1.62. The molecular formula is C18H18FN5O2S. The van der Waals surface area contributed by atoms with Crippen molar-refractivity contribution in [3.63, 3.8) is 0 Å². The first-order valence-corrected chi connectivity index (χ1v) is 9.46. The highest BCUT2D eigenvalue weighted by Gasteiger charge is 2.24. The maximum absolute atomic E-state index is 13.5. The smallest absolute Gasteiger partial charge is 0.280 e. The standard InChI is InChI=1S/C18H18FN5O2S/c19-13-1-2-14-16(11-13)27-18(22-14)24(6-5-23-7-9-26-10-8-23)17(25)15-12-20-3-4-21-15/h1-4,11-12H,5-10H2. The molecule has 1 saturated heterocycles. The Morgan fingerprint density at radius 2 is 2.15 bits per heavy atom. The molecule has 1 amide bonds. The molecule has 2 aromatic heterocycles. The van der Waals surface area contributed by atoms with Crippen molar-refractivity contribution < 1.29 is 13.9 Å². The van der Waals surface area contributed by atoms with Gasteiger partial charge < -0.3 is 4.74 Å². The van der Waals surface area contributed by atoms with Crippen molar-refractivity contribution in [2.75, 3.05) is 44.3 Å². The van der Waals surface area contributed by atoms with Crippen LogP contribution >= 0.6 is 11.3 Å². The number of anilines is 1. The second-order valence-corrected chi connectivity index (χ2v) is 7.12. The molecule has 1 aliphatic rings. The van der Waals surface area contributed by atoms with Gasteiger partial charge in [-0.2, -0.15) is 0 Å². The number of morpholine rings is 1. The Morgan fingerprint density at radius 1 is 1.30 bits per heavy atom. The van der Waals surface area contributed by atoms with Gasteiger partial charge in [0, 0.05) is 38.6 Å². The zero-order chi connectivity index (χ0) is 18.6. The van der Waals surface area contributed by atoms with E-state index in [0.29, 0.717) is 41.7 Å². The van der Waals surface area contributed by atoms with Gasteiger partial charge in [-0.15, -0.1) is 0 Å². The van der Waals surface area contributed by atoms with E-state index in [2.05, 4.69) is 19.9 Å². The van der Waals surface area contributed by atoms with E-state index in [1.54, 1.807) is 11.0 Å². The zero-order valence-corrected chi connectivity index (χ0v) is 15.4. The molecule has 1 fully saturated rings. The van der Waals surface area contributed by atoms with E-state index in [1.807, 2.05) is 0 Å². The minimum absolute atomic E-state index is 0.255. The summed E-state index contributed by atoms with van der Waals surface area (Å²) < 4.78 is 19.6. The summed E-state index contributed by atoms with van der Waals surface area (Å²) in [6.07, 6.45) is 4.45. The first-order valence-electron chi connectivity index (χ1n) is 8.65. The molecule has 7 nitrogen and oxygen atoms in total. The van der Waals surface area contributed by atoms with Gasteiger partial charge in [-0.25, -0.2) is 14.4 Å². The Labute approximate surface area is 159 Å². The summed E-state index contributed by atoms with van der Waals surface area (Å²) >= 11 is 1.29. The van der Waals surface area contributed by atoms with Gasteiger partial charge in [0.25, 0.3) is 5.91 Å². The van der Waals surface area contributed by atoms with Gasteiger partial charge in [0.1, 0.15) is 11.5 Å².